The van der Waals surface area contributed by atoms with E-state index in [1.807, 2.05) is 21.1 Å². The first-order valence-electron chi connectivity index (χ1n) is 19.8. The lowest BCUT2D eigenvalue weighted by Crippen LogP contribution is -2.37. The highest BCUT2D eigenvalue weighted by Crippen LogP contribution is 2.38. The topological polar surface area (TPSA) is 77.1 Å². The number of phosphoric ester groups is 1. The molecule has 8 heteroatoms. The molecule has 2 atom stereocenters. The predicted molar refractivity (Wildman–Crippen MR) is 194 cm³/mol. The predicted octanol–water partition coefficient (Wildman–Crippen LogP) is 10.8. The summed E-state index contributed by atoms with van der Waals surface area (Å²) in [6.45, 7) is 6.77. The first kappa shape index (κ1) is 46.0. The van der Waals surface area contributed by atoms with Gasteiger partial charge in [-0.25, -0.2) is 0 Å². The van der Waals surface area contributed by atoms with Gasteiger partial charge in [-0.2, -0.15) is 0 Å². The van der Waals surface area contributed by atoms with Crippen LogP contribution >= 0.6 is 7.82 Å². The van der Waals surface area contributed by atoms with E-state index in [0.717, 1.165) is 19.3 Å². The van der Waals surface area contributed by atoms with Crippen LogP contribution in [-0.4, -0.2) is 71.3 Å². The van der Waals surface area contributed by atoms with Crippen LogP contribution in [0.1, 0.15) is 181 Å². The molecule has 0 bridgehead atoms. The standard InChI is InChI=1S/C38H80NO6P/c1-6-8-10-12-14-16-18-20-21-22-24-26-28-30-33-42-36-38(37-45-46(40,41)44-35-32-39(3,4)5)43-34-31-29-27-25-23-19-17-15-13-11-9-7-2/h38H,6-37H2,1-5H3. The zero-order valence-corrected chi connectivity index (χ0v) is 32.4. The number of hydrogen-bond acceptors (Lipinski definition) is 6. The summed E-state index contributed by atoms with van der Waals surface area (Å²) in [7, 11) is 1.61. The first-order chi connectivity index (χ1) is 22.2. The van der Waals surface area contributed by atoms with Gasteiger partial charge in [-0.05, 0) is 12.8 Å². The van der Waals surface area contributed by atoms with Gasteiger partial charge in [-0.3, -0.25) is 4.57 Å². The molecule has 0 aliphatic rings. The summed E-state index contributed by atoms with van der Waals surface area (Å²) in [5.74, 6) is 0. The SMILES string of the molecule is CCCCCCCCCCCCCCCCOCC(COP(=O)([O-])OCC[N+](C)(C)C)OCCCCCCCCCCCCCC. The molecule has 0 aromatic rings. The Morgan fingerprint density at radius 2 is 0.870 bits per heavy atom. The molecule has 0 radical (unpaired) electrons. The van der Waals surface area contributed by atoms with Gasteiger partial charge < -0.3 is 27.9 Å². The molecule has 0 heterocycles. The third-order valence-corrected chi connectivity index (χ3v) is 9.69. The number of likely N-dealkylation sites (N-methyl/N-ethyl adjacent to an activating group) is 1. The fourth-order valence-corrected chi connectivity index (χ4v) is 6.32. The maximum Gasteiger partial charge on any atom is 0.268 e. The molecular formula is C38H80NO6P. The summed E-state index contributed by atoms with van der Waals surface area (Å²) in [5, 5.41) is 0. The van der Waals surface area contributed by atoms with Gasteiger partial charge in [-0.15, -0.1) is 0 Å². The van der Waals surface area contributed by atoms with Gasteiger partial charge in [0.1, 0.15) is 19.3 Å². The molecule has 0 aromatic heterocycles. The zero-order valence-electron chi connectivity index (χ0n) is 31.5. The summed E-state index contributed by atoms with van der Waals surface area (Å²) in [5.41, 5.74) is 0. The molecule has 0 fully saturated rings. The second kappa shape index (κ2) is 33.5. The molecule has 0 aliphatic carbocycles. The van der Waals surface area contributed by atoms with Crippen LogP contribution in [0.25, 0.3) is 0 Å². The van der Waals surface area contributed by atoms with Crippen LogP contribution in [0, 0.1) is 0 Å². The summed E-state index contributed by atoms with van der Waals surface area (Å²) in [6, 6.07) is 0. The van der Waals surface area contributed by atoms with Crippen molar-refractivity contribution >= 4 is 7.82 Å². The van der Waals surface area contributed by atoms with Crippen molar-refractivity contribution in [3.8, 4) is 0 Å². The van der Waals surface area contributed by atoms with Crippen LogP contribution in [0.4, 0.5) is 0 Å². The number of rotatable bonds is 38. The van der Waals surface area contributed by atoms with Gasteiger partial charge in [0.15, 0.2) is 0 Å². The Balaban J connectivity index is 4.09. The van der Waals surface area contributed by atoms with Crippen LogP contribution in [0.15, 0.2) is 0 Å². The van der Waals surface area contributed by atoms with Crippen molar-refractivity contribution in [1.29, 1.82) is 0 Å². The maximum atomic E-state index is 12.3. The minimum Gasteiger partial charge on any atom is -0.756 e. The van der Waals surface area contributed by atoms with E-state index in [4.69, 9.17) is 18.5 Å². The van der Waals surface area contributed by atoms with E-state index in [1.165, 1.54) is 148 Å². The minimum absolute atomic E-state index is 0.0673. The Bertz CT molecular complexity index is 660. The number of nitrogens with zero attached hydrogens (tertiary/aromatic N) is 1. The van der Waals surface area contributed by atoms with Gasteiger partial charge in [0, 0.05) is 13.2 Å². The van der Waals surface area contributed by atoms with Crippen LogP contribution in [0.2, 0.25) is 0 Å². The van der Waals surface area contributed by atoms with Crippen molar-refractivity contribution in [1.82, 2.24) is 0 Å². The molecule has 0 saturated heterocycles. The van der Waals surface area contributed by atoms with Crippen LogP contribution in [0.3, 0.4) is 0 Å². The van der Waals surface area contributed by atoms with E-state index in [1.54, 1.807) is 0 Å². The highest BCUT2D eigenvalue weighted by atomic mass is 31.2. The van der Waals surface area contributed by atoms with Gasteiger partial charge >= 0.3 is 0 Å². The lowest BCUT2D eigenvalue weighted by Gasteiger charge is -2.28. The molecule has 0 aliphatic heterocycles. The fraction of sp³-hybridized carbons (Fsp3) is 1.00. The molecule has 2 unspecified atom stereocenters. The van der Waals surface area contributed by atoms with Crippen molar-refractivity contribution in [3.05, 3.63) is 0 Å². The van der Waals surface area contributed by atoms with E-state index in [2.05, 4.69) is 13.8 Å². The maximum absolute atomic E-state index is 12.3. The first-order valence-corrected chi connectivity index (χ1v) is 21.3. The Kier molecular flexibility index (Phi) is 33.5. The summed E-state index contributed by atoms with van der Waals surface area (Å²) in [6.07, 6.45) is 33.8. The van der Waals surface area contributed by atoms with Crippen LogP contribution in [-0.2, 0) is 23.1 Å². The van der Waals surface area contributed by atoms with Gasteiger partial charge in [0.05, 0.1) is 34.4 Å². The van der Waals surface area contributed by atoms with Gasteiger partial charge in [-0.1, -0.05) is 168 Å². The summed E-state index contributed by atoms with van der Waals surface area (Å²) < 4.78 is 35.2. The fourth-order valence-electron chi connectivity index (χ4n) is 5.59. The number of phosphoric acid groups is 1. The molecule has 0 rings (SSSR count). The van der Waals surface area contributed by atoms with Gasteiger partial charge in [0.2, 0.25) is 0 Å². The molecule has 0 saturated carbocycles. The lowest BCUT2D eigenvalue weighted by molar-refractivity contribution is -0.870. The quantitative estimate of drug-likeness (QED) is 0.0368. The van der Waals surface area contributed by atoms with Crippen molar-refractivity contribution in [2.45, 2.75) is 187 Å². The molecule has 0 amide bonds. The largest absolute Gasteiger partial charge is 0.756 e. The van der Waals surface area contributed by atoms with Gasteiger partial charge in [0.25, 0.3) is 7.82 Å². The highest BCUT2D eigenvalue weighted by molar-refractivity contribution is 7.45. The normalized spacial score (nSPS) is 14.1. The Labute approximate surface area is 287 Å². The molecule has 0 spiro atoms. The molecule has 46 heavy (non-hydrogen) atoms. The second-order valence-electron chi connectivity index (χ2n) is 14.6. The summed E-state index contributed by atoms with van der Waals surface area (Å²) in [4.78, 5) is 12.3. The second-order valence-corrected chi connectivity index (χ2v) is 16.1. The minimum atomic E-state index is -4.38. The molecule has 0 N–H and O–H groups in total. The zero-order chi connectivity index (χ0) is 34.0. The Morgan fingerprint density at radius 1 is 0.500 bits per heavy atom. The van der Waals surface area contributed by atoms with Crippen molar-refractivity contribution in [2.24, 2.45) is 0 Å². The van der Waals surface area contributed by atoms with Crippen molar-refractivity contribution in [2.75, 3.05) is 60.7 Å². The smallest absolute Gasteiger partial charge is 0.268 e. The number of hydrogen-bond donors (Lipinski definition) is 0. The Hall–Kier alpha value is -0.0100. The van der Waals surface area contributed by atoms with E-state index < -0.39 is 13.9 Å². The molecule has 278 valence electrons. The van der Waals surface area contributed by atoms with Crippen LogP contribution in [0.5, 0.6) is 0 Å². The monoisotopic (exact) mass is 678 g/mol. The number of quaternary nitrogens is 1. The Morgan fingerprint density at radius 3 is 1.26 bits per heavy atom. The number of ether oxygens (including phenoxy) is 2. The van der Waals surface area contributed by atoms with Crippen molar-refractivity contribution in [3.63, 3.8) is 0 Å². The number of unbranched alkanes of at least 4 members (excludes halogenated alkanes) is 24. The molecular weight excluding hydrogens is 597 g/mol. The molecule has 0 aromatic carbocycles. The van der Waals surface area contributed by atoms with E-state index in [9.17, 15) is 9.46 Å². The van der Waals surface area contributed by atoms with E-state index in [0.29, 0.717) is 30.8 Å². The summed E-state index contributed by atoms with van der Waals surface area (Å²) >= 11 is 0. The van der Waals surface area contributed by atoms with E-state index in [-0.39, 0.29) is 13.2 Å². The molecule has 7 nitrogen and oxygen atoms in total. The lowest BCUT2D eigenvalue weighted by atomic mass is 10.0. The van der Waals surface area contributed by atoms with Crippen molar-refractivity contribution < 1.29 is 32.5 Å². The van der Waals surface area contributed by atoms with Crippen LogP contribution < -0.4 is 4.89 Å². The average molecular weight is 678 g/mol. The van der Waals surface area contributed by atoms with E-state index >= 15 is 0 Å². The third kappa shape index (κ3) is 36.8. The average Bonchev–Trinajstić information content (AvgIpc) is 3.00. The highest BCUT2D eigenvalue weighted by Gasteiger charge is 2.18. The third-order valence-electron chi connectivity index (χ3n) is 8.73.